The van der Waals surface area contributed by atoms with E-state index in [1.165, 1.54) is 6.92 Å². The first-order valence-electron chi connectivity index (χ1n) is 26.6. The van der Waals surface area contributed by atoms with Gasteiger partial charge in [-0.3, -0.25) is 19.2 Å². The van der Waals surface area contributed by atoms with Gasteiger partial charge in [0.15, 0.2) is 31.5 Å². The van der Waals surface area contributed by atoms with Crippen molar-refractivity contribution in [3.8, 4) is 0 Å². The minimum absolute atomic E-state index is 0.767. The molecule has 31 atom stereocenters. The number of ether oxygens (including phenoxy) is 11. The minimum Gasteiger partial charge on any atom is -0.477 e. The molecule has 37 heteroatoms. The van der Waals surface area contributed by atoms with Gasteiger partial charge in [-0.2, -0.15) is 0 Å². The maximum absolute atomic E-state index is 13.2. The van der Waals surface area contributed by atoms with Crippen molar-refractivity contribution in [1.29, 1.82) is 0 Å². The molecule has 6 rings (SSSR count). The summed E-state index contributed by atoms with van der Waals surface area (Å²) in [5.74, 6) is -8.67. The average molecular weight is 1230 g/mol. The molecule has 6 fully saturated rings. The van der Waals surface area contributed by atoms with E-state index in [0.29, 0.717) is 0 Å². The first kappa shape index (κ1) is 69.4. The fourth-order valence-corrected chi connectivity index (χ4v) is 10.7. The van der Waals surface area contributed by atoms with Crippen LogP contribution in [0.5, 0.6) is 0 Å². The quantitative estimate of drug-likeness (QED) is 0.0479. The summed E-state index contributed by atoms with van der Waals surface area (Å²) in [5.41, 5.74) is 0. The van der Waals surface area contributed by atoms with Crippen LogP contribution in [0.4, 0.5) is 0 Å². The number of carbonyl (C=O) groups is 5. The van der Waals surface area contributed by atoms with E-state index in [4.69, 9.17) is 52.1 Å². The van der Waals surface area contributed by atoms with E-state index in [0.717, 1.165) is 27.7 Å². The number of nitrogens with one attached hydrogen (secondary N) is 4. The second-order valence-electron chi connectivity index (χ2n) is 21.2. The zero-order valence-corrected chi connectivity index (χ0v) is 45.7. The van der Waals surface area contributed by atoms with Gasteiger partial charge in [-0.05, 0) is 6.92 Å². The van der Waals surface area contributed by atoms with E-state index in [1.54, 1.807) is 0 Å². The fraction of sp³-hybridized carbons (Fsp3) is 0.894. The molecule has 0 saturated carbocycles. The van der Waals surface area contributed by atoms with Gasteiger partial charge in [-0.15, -0.1) is 0 Å². The van der Waals surface area contributed by atoms with Crippen molar-refractivity contribution in [2.45, 2.75) is 231 Å². The Balaban J connectivity index is 1.35. The molecule has 6 heterocycles. The molecule has 0 spiro atoms. The van der Waals surface area contributed by atoms with Crippen LogP contribution in [0.2, 0.25) is 0 Å². The van der Waals surface area contributed by atoms with Crippen molar-refractivity contribution in [3.63, 3.8) is 0 Å². The fourth-order valence-electron chi connectivity index (χ4n) is 10.7. The molecule has 6 aliphatic heterocycles. The summed E-state index contributed by atoms with van der Waals surface area (Å²) < 4.78 is 64.8. The van der Waals surface area contributed by atoms with Gasteiger partial charge >= 0.3 is 5.97 Å². The van der Waals surface area contributed by atoms with Gasteiger partial charge < -0.3 is 160 Å². The summed E-state index contributed by atoms with van der Waals surface area (Å²) in [6.45, 7) is -0.0196. The van der Waals surface area contributed by atoms with E-state index < -0.39 is 259 Å². The lowest BCUT2D eigenvalue weighted by atomic mass is 9.88. The largest absolute Gasteiger partial charge is 0.477 e. The number of carboxylic acids is 1. The number of rotatable bonds is 22. The Labute approximate surface area is 476 Å². The Bertz CT molecular complexity index is 2200. The summed E-state index contributed by atoms with van der Waals surface area (Å²) in [5, 5.41) is 194. The predicted octanol–water partition coefficient (Wildman–Crippen LogP) is -13.3. The number of aliphatic hydroxyl groups is 16. The lowest BCUT2D eigenvalue weighted by molar-refractivity contribution is -0.392. The van der Waals surface area contributed by atoms with Crippen molar-refractivity contribution in [1.82, 2.24) is 21.3 Å². The molecule has 6 aliphatic rings. The van der Waals surface area contributed by atoms with E-state index in [1.807, 2.05) is 0 Å². The third-order valence-electron chi connectivity index (χ3n) is 15.0. The Kier molecular flexibility index (Phi) is 24.4. The van der Waals surface area contributed by atoms with Crippen molar-refractivity contribution < 1.29 is 163 Å². The van der Waals surface area contributed by atoms with Crippen LogP contribution in [0.3, 0.4) is 0 Å². The topological polar surface area (TPSA) is 579 Å². The standard InChI is InChI=1S/C47H78N4O33/c1-12-27(62)33(68)34(69)44(75-12)82-39-26(51-16(5)59)42(74-11-22-31(66)37(25(41(71)76-22)50-15(4)58)81-43-24(49-14(3)57)32(67)29(64)19(8-53)77-43)79-21(10-55)36(39)80-45-35(70)40(30(65)20(9-54)78-45)84-47(46(72)73)6-17(60)23(48-13(2)56)38(83-47)28(63)18(61)7-52/h12,17-45,52-55,60-71H,6-11H2,1-5H3,(H,48,56)(H,49,57)(H,50,58)(H,51,59)(H,72,73)/t12-,17-,18+,19+,20+,21+,22+,23+,24+,25+,26+,27+,28+,29+,30-,31-,32+,33+,34-,35+,36+,37+,38+,39+,40-,41-,42+,43-,44-,45-,47-/m0/s1. The predicted molar refractivity (Wildman–Crippen MR) is 261 cm³/mol. The molecule has 0 bridgehead atoms. The molecule has 0 aromatic heterocycles. The number of hydrogen-bond donors (Lipinski definition) is 21. The molecular formula is C47H78N4O33. The number of aliphatic carboxylic acids is 1. The van der Waals surface area contributed by atoms with Gasteiger partial charge in [0.25, 0.3) is 5.79 Å². The molecule has 0 unspecified atom stereocenters. The van der Waals surface area contributed by atoms with Crippen LogP contribution in [0.25, 0.3) is 0 Å². The smallest absolute Gasteiger partial charge is 0.364 e. The van der Waals surface area contributed by atoms with Gasteiger partial charge in [0.1, 0.15) is 134 Å². The molecule has 4 amide bonds. The Morgan fingerprint density at radius 1 is 0.512 bits per heavy atom. The van der Waals surface area contributed by atoms with Gasteiger partial charge in [0, 0.05) is 34.1 Å². The van der Waals surface area contributed by atoms with E-state index in [2.05, 4.69) is 21.3 Å². The highest BCUT2D eigenvalue weighted by Gasteiger charge is 2.61. The third kappa shape index (κ3) is 15.4. The Morgan fingerprint density at radius 3 is 1.58 bits per heavy atom. The number of aliphatic hydroxyl groups excluding tert-OH is 16. The number of carboxylic acid groups (broad SMARTS) is 1. The van der Waals surface area contributed by atoms with Crippen molar-refractivity contribution in [2.75, 3.05) is 33.0 Å². The Morgan fingerprint density at radius 2 is 1.01 bits per heavy atom. The van der Waals surface area contributed by atoms with E-state index in [9.17, 15) is 111 Å². The van der Waals surface area contributed by atoms with Crippen LogP contribution < -0.4 is 21.3 Å². The van der Waals surface area contributed by atoms with E-state index >= 15 is 0 Å². The number of hydrogen-bond acceptors (Lipinski definition) is 32. The molecule has 37 nitrogen and oxygen atoms in total. The van der Waals surface area contributed by atoms with Crippen LogP contribution in [0.15, 0.2) is 0 Å². The maximum atomic E-state index is 13.2. The molecule has 484 valence electrons. The normalized spacial score (nSPS) is 45.3. The van der Waals surface area contributed by atoms with Gasteiger partial charge in [0.2, 0.25) is 23.6 Å². The lowest BCUT2D eigenvalue weighted by Gasteiger charge is -2.52. The average Bonchev–Trinajstić information content (AvgIpc) is 1.31. The van der Waals surface area contributed by atoms with Crippen molar-refractivity contribution in [3.05, 3.63) is 0 Å². The SMILES string of the molecule is CC(=O)N[C@@H]1[C@@H](O[C@@H]2O[C@H](CO)[C@@H](O)[C@H](O)[C@H]2NC(C)=O)[C@@H](O)[C@@H](CO[C@@H]2O[C@H](CO)[C@@H](O[C@@H]3O[C@H](CO)[C@H](O)[C@H](O[C@]4(C(=O)O)C[C@H](O)[C@@H](NC(C)=O)[C@H]([C@H](O)[C@H](O)CO)O4)[C@H]3O)[C@H](O[C@@H]3O[C@@H](C)[C@@H](O)[C@@H](O)[C@@H]3O)[C@H]2NC(C)=O)O[C@@H]1O. The van der Waals surface area contributed by atoms with Crippen LogP contribution >= 0.6 is 0 Å². The van der Waals surface area contributed by atoms with Crippen LogP contribution in [0, 0.1) is 0 Å². The number of amides is 4. The third-order valence-corrected chi connectivity index (χ3v) is 15.0. The zero-order chi connectivity index (χ0) is 62.6. The second-order valence-corrected chi connectivity index (χ2v) is 21.2. The molecular weight excluding hydrogens is 1150 g/mol. The van der Waals surface area contributed by atoms with E-state index in [-0.39, 0.29) is 0 Å². The van der Waals surface area contributed by atoms with Crippen LogP contribution in [0.1, 0.15) is 41.0 Å². The van der Waals surface area contributed by atoms with Crippen molar-refractivity contribution in [2.24, 2.45) is 0 Å². The summed E-state index contributed by atoms with van der Waals surface area (Å²) in [6.07, 6.45) is -52.8. The Hall–Kier alpha value is -3.73. The van der Waals surface area contributed by atoms with Gasteiger partial charge in [-0.25, -0.2) is 4.79 Å². The van der Waals surface area contributed by atoms with Crippen LogP contribution in [-0.4, -0.2) is 339 Å². The molecule has 0 aliphatic carbocycles. The first-order chi connectivity index (χ1) is 39.4. The number of carbonyl (C=O) groups excluding carboxylic acids is 4. The highest BCUT2D eigenvalue weighted by atomic mass is 16.8. The zero-order valence-electron chi connectivity index (χ0n) is 45.7. The van der Waals surface area contributed by atoms with Crippen molar-refractivity contribution >= 4 is 29.6 Å². The van der Waals surface area contributed by atoms with Crippen LogP contribution in [-0.2, 0) is 76.1 Å². The first-order valence-corrected chi connectivity index (χ1v) is 26.6. The lowest BCUT2D eigenvalue weighted by Crippen LogP contribution is -2.71. The summed E-state index contributed by atoms with van der Waals surface area (Å²) >= 11 is 0. The monoisotopic (exact) mass is 1230 g/mol. The molecule has 6 saturated heterocycles. The molecule has 84 heavy (non-hydrogen) atoms. The minimum atomic E-state index is -3.24. The molecule has 0 radical (unpaired) electrons. The molecule has 0 aromatic rings. The summed E-state index contributed by atoms with van der Waals surface area (Å²) in [6, 6.07) is -6.83. The summed E-state index contributed by atoms with van der Waals surface area (Å²) in [7, 11) is 0. The molecule has 0 aromatic carbocycles. The highest BCUT2D eigenvalue weighted by molar-refractivity contribution is 5.77. The summed E-state index contributed by atoms with van der Waals surface area (Å²) in [4.78, 5) is 63.1. The second kappa shape index (κ2) is 29.5. The van der Waals surface area contributed by atoms with Gasteiger partial charge in [0.05, 0.1) is 51.3 Å². The molecule has 21 N–H and O–H groups in total. The van der Waals surface area contributed by atoms with Gasteiger partial charge in [-0.1, -0.05) is 0 Å². The highest BCUT2D eigenvalue weighted by Crippen LogP contribution is 2.40. The maximum Gasteiger partial charge on any atom is 0.364 e.